The predicted octanol–water partition coefficient (Wildman–Crippen LogP) is 6.56. The van der Waals surface area contributed by atoms with E-state index in [1.54, 1.807) is 6.07 Å². The molecule has 0 unspecified atom stereocenters. The fourth-order valence-corrected chi connectivity index (χ4v) is 3.29. The van der Waals surface area contributed by atoms with Gasteiger partial charge in [-0.2, -0.15) is 0 Å². The lowest BCUT2D eigenvalue weighted by Crippen LogP contribution is -1.97. The van der Waals surface area contributed by atoms with Crippen molar-refractivity contribution in [3.63, 3.8) is 0 Å². The van der Waals surface area contributed by atoms with Crippen LogP contribution in [-0.2, 0) is 0 Å². The highest BCUT2D eigenvalue weighted by atomic mass is 79.9. The van der Waals surface area contributed by atoms with Crippen LogP contribution in [0.4, 0.5) is 11.5 Å². The highest BCUT2D eigenvalue weighted by molar-refractivity contribution is 9.10. The minimum atomic E-state index is 0.464. The summed E-state index contributed by atoms with van der Waals surface area (Å²) in [4.78, 5) is 8.68. The molecule has 3 aromatic carbocycles. The molecule has 0 fully saturated rings. The molecule has 4 rings (SSSR count). The second-order valence-corrected chi connectivity index (χ2v) is 7.25. The third kappa shape index (κ3) is 3.94. The fourth-order valence-electron chi connectivity index (χ4n) is 2.72. The smallest absolute Gasteiger partial charge is 0.146 e. The summed E-state index contributed by atoms with van der Waals surface area (Å²) in [5.74, 6) is 4.45. The van der Waals surface area contributed by atoms with Gasteiger partial charge in [-0.15, -0.1) is 6.42 Å². The molecule has 1 N–H and O–H groups in total. The van der Waals surface area contributed by atoms with E-state index in [0.717, 1.165) is 21.1 Å². The van der Waals surface area contributed by atoms with Crippen LogP contribution in [0.3, 0.4) is 0 Å². The van der Waals surface area contributed by atoms with Gasteiger partial charge in [0.2, 0.25) is 0 Å². The summed E-state index contributed by atoms with van der Waals surface area (Å²) in [5.41, 5.74) is 2.32. The number of anilines is 2. The first-order valence-corrected chi connectivity index (χ1v) is 9.51. The molecule has 28 heavy (non-hydrogen) atoms. The van der Waals surface area contributed by atoms with Gasteiger partial charge in [-0.25, -0.2) is 9.97 Å². The van der Waals surface area contributed by atoms with Crippen molar-refractivity contribution in [2.75, 3.05) is 5.32 Å². The molecule has 0 aliphatic heterocycles. The van der Waals surface area contributed by atoms with Crippen LogP contribution in [0.15, 0.2) is 71.5 Å². The maximum atomic E-state index is 6.41. The molecule has 0 saturated carbocycles. The quantitative estimate of drug-likeness (QED) is 0.358. The molecular weight excluding hydrogens is 438 g/mol. The van der Waals surface area contributed by atoms with Crippen LogP contribution in [0.5, 0.6) is 11.5 Å². The Balaban J connectivity index is 1.74. The Kier molecular flexibility index (Phi) is 5.16. The Morgan fingerprint density at radius 1 is 1.04 bits per heavy atom. The standard InChI is InChI=1S/C22H13BrClN3O/c1-2-14-5-3-7-16(9-14)27-22-18-11-21(19(24)12-20(18)25-13-26-22)28-17-8-4-6-15(23)10-17/h1,3-13H,(H,25,26,27). The van der Waals surface area contributed by atoms with Crippen molar-refractivity contribution in [2.45, 2.75) is 0 Å². The Labute approximate surface area is 175 Å². The molecule has 0 amide bonds. The summed E-state index contributed by atoms with van der Waals surface area (Å²) in [6.45, 7) is 0. The van der Waals surface area contributed by atoms with Gasteiger partial charge in [0.25, 0.3) is 0 Å². The number of fused-ring (bicyclic) bond motifs is 1. The maximum Gasteiger partial charge on any atom is 0.146 e. The van der Waals surface area contributed by atoms with E-state index in [0.29, 0.717) is 27.9 Å². The SMILES string of the molecule is C#Cc1cccc(Nc2ncnc3cc(Cl)c(Oc4cccc(Br)c4)cc23)c1. The van der Waals surface area contributed by atoms with Gasteiger partial charge in [0, 0.05) is 21.1 Å². The molecule has 136 valence electrons. The van der Waals surface area contributed by atoms with Crippen molar-refractivity contribution in [3.05, 3.63) is 82.0 Å². The molecule has 0 aliphatic rings. The van der Waals surface area contributed by atoms with Crippen molar-refractivity contribution in [3.8, 4) is 23.8 Å². The molecule has 0 spiro atoms. The van der Waals surface area contributed by atoms with Gasteiger partial charge >= 0.3 is 0 Å². The molecule has 6 heteroatoms. The van der Waals surface area contributed by atoms with Crippen molar-refractivity contribution < 1.29 is 4.74 Å². The predicted molar refractivity (Wildman–Crippen MR) is 116 cm³/mol. The number of nitrogens with one attached hydrogen (secondary N) is 1. The minimum Gasteiger partial charge on any atom is -0.456 e. The number of halogens is 2. The Bertz CT molecular complexity index is 1220. The third-order valence-electron chi connectivity index (χ3n) is 4.00. The Hall–Kier alpha value is -3.07. The first-order chi connectivity index (χ1) is 13.6. The second kappa shape index (κ2) is 7.89. The summed E-state index contributed by atoms with van der Waals surface area (Å²) in [7, 11) is 0. The van der Waals surface area contributed by atoms with E-state index in [2.05, 4.69) is 37.1 Å². The highest BCUT2D eigenvalue weighted by Gasteiger charge is 2.11. The number of terminal acetylenes is 1. The summed E-state index contributed by atoms with van der Waals surface area (Å²) >= 11 is 9.84. The molecule has 0 radical (unpaired) electrons. The number of rotatable bonds is 4. The highest BCUT2D eigenvalue weighted by Crippen LogP contribution is 2.36. The van der Waals surface area contributed by atoms with Crippen molar-refractivity contribution in [1.29, 1.82) is 0 Å². The lowest BCUT2D eigenvalue weighted by atomic mass is 10.2. The van der Waals surface area contributed by atoms with E-state index >= 15 is 0 Å². The van der Waals surface area contributed by atoms with E-state index in [9.17, 15) is 0 Å². The van der Waals surface area contributed by atoms with Gasteiger partial charge in [-0.05, 0) is 48.5 Å². The topological polar surface area (TPSA) is 47.0 Å². The summed E-state index contributed by atoms with van der Waals surface area (Å²) in [6, 6.07) is 18.7. The van der Waals surface area contributed by atoms with E-state index < -0.39 is 0 Å². The number of nitrogens with zero attached hydrogens (tertiary/aromatic N) is 2. The largest absolute Gasteiger partial charge is 0.456 e. The van der Waals surface area contributed by atoms with Crippen LogP contribution in [-0.4, -0.2) is 9.97 Å². The molecule has 0 aliphatic carbocycles. The molecule has 4 aromatic rings. The summed E-state index contributed by atoms with van der Waals surface area (Å²) < 4.78 is 6.89. The van der Waals surface area contributed by atoms with Gasteiger partial charge in [-0.1, -0.05) is 45.6 Å². The van der Waals surface area contributed by atoms with E-state index in [4.69, 9.17) is 22.8 Å². The van der Waals surface area contributed by atoms with Gasteiger partial charge in [0.05, 0.1) is 10.5 Å². The second-order valence-electron chi connectivity index (χ2n) is 5.93. The zero-order chi connectivity index (χ0) is 19.5. The van der Waals surface area contributed by atoms with Crippen molar-refractivity contribution in [1.82, 2.24) is 9.97 Å². The van der Waals surface area contributed by atoms with E-state index in [1.807, 2.05) is 54.6 Å². The van der Waals surface area contributed by atoms with Crippen molar-refractivity contribution in [2.24, 2.45) is 0 Å². The molecule has 4 nitrogen and oxygen atoms in total. The number of hydrogen-bond acceptors (Lipinski definition) is 4. The van der Waals surface area contributed by atoms with E-state index in [-0.39, 0.29) is 0 Å². The molecule has 0 saturated heterocycles. The van der Waals surface area contributed by atoms with Crippen LogP contribution >= 0.6 is 27.5 Å². The lowest BCUT2D eigenvalue weighted by molar-refractivity contribution is 0.483. The molecule has 0 atom stereocenters. The summed E-state index contributed by atoms with van der Waals surface area (Å²) in [5, 5.41) is 4.53. The van der Waals surface area contributed by atoms with Gasteiger partial charge in [-0.3, -0.25) is 0 Å². The number of benzene rings is 3. The summed E-state index contributed by atoms with van der Waals surface area (Å²) in [6.07, 6.45) is 6.97. The Morgan fingerprint density at radius 2 is 1.89 bits per heavy atom. The molecular formula is C22H13BrClN3O. The van der Waals surface area contributed by atoms with Gasteiger partial charge in [0.1, 0.15) is 23.6 Å². The third-order valence-corrected chi connectivity index (χ3v) is 4.79. The van der Waals surface area contributed by atoms with Crippen molar-refractivity contribution >= 4 is 49.9 Å². The molecule has 1 aromatic heterocycles. The lowest BCUT2D eigenvalue weighted by Gasteiger charge is -2.12. The normalized spacial score (nSPS) is 10.5. The number of aromatic nitrogens is 2. The van der Waals surface area contributed by atoms with Crippen LogP contribution in [0.25, 0.3) is 10.9 Å². The van der Waals surface area contributed by atoms with Crippen LogP contribution in [0.2, 0.25) is 5.02 Å². The molecule has 0 bridgehead atoms. The monoisotopic (exact) mass is 449 g/mol. The first-order valence-electron chi connectivity index (χ1n) is 8.34. The van der Waals surface area contributed by atoms with Gasteiger partial charge < -0.3 is 10.1 Å². The fraction of sp³-hybridized carbons (Fsp3) is 0. The van der Waals surface area contributed by atoms with Crippen LogP contribution in [0.1, 0.15) is 5.56 Å². The molecule has 1 heterocycles. The Morgan fingerprint density at radius 3 is 2.71 bits per heavy atom. The first kappa shape index (κ1) is 18.3. The number of hydrogen-bond donors (Lipinski definition) is 1. The maximum absolute atomic E-state index is 6.41. The van der Waals surface area contributed by atoms with Gasteiger partial charge in [0.15, 0.2) is 0 Å². The average Bonchev–Trinajstić information content (AvgIpc) is 2.69. The zero-order valence-electron chi connectivity index (χ0n) is 14.5. The van der Waals surface area contributed by atoms with E-state index in [1.165, 1.54) is 6.33 Å². The minimum absolute atomic E-state index is 0.464. The zero-order valence-corrected chi connectivity index (χ0v) is 16.8. The van der Waals surface area contributed by atoms with Crippen LogP contribution in [0, 0.1) is 12.3 Å². The number of ether oxygens (including phenoxy) is 1. The average molecular weight is 451 g/mol. The van der Waals surface area contributed by atoms with Crippen LogP contribution < -0.4 is 10.1 Å².